The molecule has 0 N–H and O–H groups in total. The van der Waals surface area contributed by atoms with Crippen molar-refractivity contribution < 1.29 is 14.3 Å². The summed E-state index contributed by atoms with van der Waals surface area (Å²) in [6.07, 6.45) is 0.414. The number of rotatable bonds is 5. The summed E-state index contributed by atoms with van der Waals surface area (Å²) in [5.41, 5.74) is 3.22. The van der Waals surface area contributed by atoms with Gasteiger partial charge in [-0.05, 0) is 10.8 Å². The third-order valence-electron chi connectivity index (χ3n) is 7.84. The van der Waals surface area contributed by atoms with E-state index in [-0.39, 0.29) is 39.9 Å². The molecule has 1 saturated carbocycles. The molecule has 3 heterocycles. The third-order valence-corrected chi connectivity index (χ3v) is 8.47. The smallest absolute Gasteiger partial charge is 0.259 e. The molecule has 0 atom stereocenters. The number of aromatic nitrogens is 2. The molecule has 0 aromatic carbocycles. The fraction of sp³-hybridized carbons (Fsp3) is 0.583. The molecule has 4 rings (SSSR count). The highest BCUT2D eigenvalue weighted by Gasteiger charge is 2.68. The fourth-order valence-electron chi connectivity index (χ4n) is 5.18. The Kier molecular flexibility index (Phi) is 5.88. The van der Waals surface area contributed by atoms with Gasteiger partial charge in [-0.2, -0.15) is 0 Å². The lowest BCUT2D eigenvalue weighted by Gasteiger charge is -2.22. The molecule has 1 fully saturated rings. The summed E-state index contributed by atoms with van der Waals surface area (Å²) in [5, 5.41) is 1.90. The minimum absolute atomic E-state index is 0.0391. The molecule has 0 unspecified atom stereocenters. The summed E-state index contributed by atoms with van der Waals surface area (Å²) in [5.74, 6) is 0.132. The number of carbonyl (C=O) groups excluding carboxylic acids is 2. The van der Waals surface area contributed by atoms with Gasteiger partial charge in [0.05, 0.1) is 24.9 Å². The van der Waals surface area contributed by atoms with Crippen molar-refractivity contribution in [3.63, 3.8) is 0 Å². The van der Waals surface area contributed by atoms with Crippen LogP contribution in [0.2, 0.25) is 0 Å². The zero-order chi connectivity index (χ0) is 24.1. The third kappa shape index (κ3) is 3.86. The van der Waals surface area contributed by atoms with E-state index in [0.29, 0.717) is 43.9 Å². The van der Waals surface area contributed by atoms with Gasteiger partial charge in [-0.1, -0.05) is 27.7 Å². The van der Waals surface area contributed by atoms with E-state index >= 15 is 0 Å². The average Bonchev–Trinajstić information content (AvgIpc) is 2.99. The van der Waals surface area contributed by atoms with Gasteiger partial charge in [-0.3, -0.25) is 14.4 Å². The highest BCUT2D eigenvalue weighted by atomic mass is 32.1. The zero-order valence-corrected chi connectivity index (χ0v) is 21.0. The number of hydrogen-bond donors (Lipinski definition) is 0. The van der Waals surface area contributed by atoms with Gasteiger partial charge in [0.25, 0.3) is 11.5 Å². The van der Waals surface area contributed by atoms with E-state index in [1.165, 1.54) is 24.5 Å². The maximum absolute atomic E-state index is 13.5. The first kappa shape index (κ1) is 23.5. The van der Waals surface area contributed by atoms with Gasteiger partial charge in [0.1, 0.15) is 11.3 Å². The van der Waals surface area contributed by atoms with Gasteiger partial charge in [0.2, 0.25) is 5.91 Å². The van der Waals surface area contributed by atoms with E-state index in [2.05, 4.69) is 32.7 Å². The van der Waals surface area contributed by atoms with Crippen LogP contribution in [0.3, 0.4) is 0 Å². The summed E-state index contributed by atoms with van der Waals surface area (Å²) in [4.78, 5) is 47.4. The molecule has 0 bridgehead atoms. The number of thiazole rings is 1. The molecule has 0 radical (unpaired) electrons. The molecule has 178 valence electrons. The lowest BCUT2D eigenvalue weighted by Crippen LogP contribution is -2.36. The van der Waals surface area contributed by atoms with Crippen molar-refractivity contribution in [1.29, 1.82) is 0 Å². The molecule has 2 aromatic heterocycles. The van der Waals surface area contributed by atoms with Crippen molar-refractivity contribution in [1.82, 2.24) is 19.4 Å². The number of pyridine rings is 1. The van der Waals surface area contributed by atoms with E-state index in [1.54, 1.807) is 22.0 Å². The predicted molar refractivity (Wildman–Crippen MR) is 127 cm³/mol. The summed E-state index contributed by atoms with van der Waals surface area (Å²) < 4.78 is 7.09. The molecule has 2 aliphatic rings. The van der Waals surface area contributed by atoms with Crippen molar-refractivity contribution in [2.45, 2.75) is 47.2 Å². The minimum Gasteiger partial charge on any atom is -0.496 e. The van der Waals surface area contributed by atoms with Crippen LogP contribution in [0, 0.1) is 16.7 Å². The molecule has 9 heteroatoms. The van der Waals surface area contributed by atoms with Crippen molar-refractivity contribution in [2.75, 3.05) is 27.2 Å². The number of ether oxygens (including phenoxy) is 1. The Labute approximate surface area is 198 Å². The lowest BCUT2D eigenvalue weighted by atomic mass is 10.0. The van der Waals surface area contributed by atoms with Gasteiger partial charge in [-0.15, -0.1) is 11.3 Å². The van der Waals surface area contributed by atoms with Crippen LogP contribution in [0.1, 0.15) is 49.4 Å². The Hall–Kier alpha value is -2.68. The fourth-order valence-corrected chi connectivity index (χ4v) is 5.73. The molecule has 2 amide bonds. The molecular weight excluding hydrogens is 440 g/mol. The molecule has 8 nitrogen and oxygen atoms in total. The first-order valence-electron chi connectivity index (χ1n) is 11.2. The second-order valence-electron chi connectivity index (χ2n) is 10.1. The zero-order valence-electron chi connectivity index (χ0n) is 20.2. The largest absolute Gasteiger partial charge is 0.496 e. The normalized spacial score (nSPS) is 18.9. The Balaban J connectivity index is 1.63. The van der Waals surface area contributed by atoms with Gasteiger partial charge < -0.3 is 19.1 Å². The Morgan fingerprint density at radius 2 is 1.91 bits per heavy atom. The van der Waals surface area contributed by atoms with Crippen LogP contribution >= 0.6 is 11.3 Å². The van der Waals surface area contributed by atoms with E-state index in [9.17, 15) is 14.4 Å². The standard InChI is InChI=1S/C24H32N4O4S/c1-23(2)20(24(23,3)4)22(31)27-8-7-16-19(17(32-6)11-18(29)28(16)10-9-27)21(30)26(5)12-15-13-33-14-25-15/h11,13-14,20H,7-10,12H2,1-6H3. The quantitative estimate of drug-likeness (QED) is 0.668. The molecule has 2 aromatic rings. The van der Waals surface area contributed by atoms with Crippen LogP contribution in [-0.2, 0) is 24.3 Å². The second-order valence-corrected chi connectivity index (χ2v) is 10.8. The Morgan fingerprint density at radius 1 is 1.21 bits per heavy atom. The number of nitrogens with zero attached hydrogens (tertiary/aromatic N) is 4. The van der Waals surface area contributed by atoms with E-state index in [0.717, 1.165) is 5.69 Å². The van der Waals surface area contributed by atoms with Crippen molar-refractivity contribution in [2.24, 2.45) is 16.7 Å². The van der Waals surface area contributed by atoms with Crippen molar-refractivity contribution >= 4 is 23.2 Å². The summed E-state index contributed by atoms with van der Waals surface area (Å²) in [7, 11) is 3.18. The number of fused-ring (bicyclic) bond motifs is 1. The van der Waals surface area contributed by atoms with Gasteiger partial charge in [0.15, 0.2) is 0 Å². The van der Waals surface area contributed by atoms with Crippen LogP contribution < -0.4 is 10.3 Å². The van der Waals surface area contributed by atoms with Crippen molar-refractivity contribution in [3.8, 4) is 5.75 Å². The van der Waals surface area contributed by atoms with Crippen LogP contribution in [0.15, 0.2) is 21.8 Å². The average molecular weight is 473 g/mol. The minimum atomic E-state index is -0.229. The lowest BCUT2D eigenvalue weighted by molar-refractivity contribution is -0.133. The topological polar surface area (TPSA) is 84.7 Å². The number of methoxy groups -OCH3 is 1. The molecular formula is C24H32N4O4S. The Bertz CT molecular complexity index is 1120. The predicted octanol–water partition coefficient (Wildman–Crippen LogP) is 2.65. The number of hydrogen-bond acceptors (Lipinski definition) is 6. The summed E-state index contributed by atoms with van der Waals surface area (Å²) in [6, 6.07) is 1.37. The number of amides is 2. The van der Waals surface area contributed by atoms with Crippen molar-refractivity contribution in [3.05, 3.63) is 44.3 Å². The summed E-state index contributed by atoms with van der Waals surface area (Å²) in [6.45, 7) is 10.2. The summed E-state index contributed by atoms with van der Waals surface area (Å²) >= 11 is 1.48. The van der Waals surface area contributed by atoms with E-state index in [1.807, 2.05) is 10.3 Å². The highest BCUT2D eigenvalue weighted by Crippen LogP contribution is 2.68. The van der Waals surface area contributed by atoms with E-state index in [4.69, 9.17) is 4.74 Å². The SMILES string of the molecule is COc1cc(=O)n2c(c1C(=O)N(C)Cc1cscn1)CCN(C(=O)C1C(C)(C)C1(C)C)CC2. The van der Waals surface area contributed by atoms with Gasteiger partial charge in [-0.25, -0.2) is 4.98 Å². The highest BCUT2D eigenvalue weighted by molar-refractivity contribution is 7.07. The first-order chi connectivity index (χ1) is 15.5. The molecule has 1 aliphatic carbocycles. The van der Waals surface area contributed by atoms with Crippen LogP contribution in [-0.4, -0.2) is 58.4 Å². The second kappa shape index (κ2) is 8.27. The van der Waals surface area contributed by atoms with Crippen LogP contribution in [0.5, 0.6) is 5.75 Å². The monoisotopic (exact) mass is 472 g/mol. The molecule has 1 aliphatic heterocycles. The molecule has 0 spiro atoms. The van der Waals surface area contributed by atoms with Gasteiger partial charge >= 0.3 is 0 Å². The first-order valence-corrected chi connectivity index (χ1v) is 12.2. The van der Waals surface area contributed by atoms with E-state index < -0.39 is 0 Å². The van der Waals surface area contributed by atoms with Crippen LogP contribution in [0.25, 0.3) is 0 Å². The van der Waals surface area contributed by atoms with Gasteiger partial charge in [0, 0.05) is 56.2 Å². The molecule has 0 saturated heterocycles. The number of carbonyl (C=O) groups is 2. The molecule has 33 heavy (non-hydrogen) atoms. The maximum atomic E-state index is 13.5. The van der Waals surface area contributed by atoms with Crippen LogP contribution in [0.4, 0.5) is 0 Å². The maximum Gasteiger partial charge on any atom is 0.259 e. The Morgan fingerprint density at radius 3 is 2.48 bits per heavy atom.